The Morgan fingerprint density at radius 1 is 1.21 bits per heavy atom. The maximum Gasteiger partial charge on any atom is 0.106 e. The lowest BCUT2D eigenvalue weighted by Crippen LogP contribution is -2.21. The van der Waals surface area contributed by atoms with Crippen LogP contribution in [0, 0.1) is 0 Å². The number of para-hydroxylation sites is 1. The van der Waals surface area contributed by atoms with Gasteiger partial charge < -0.3 is 10.6 Å². The van der Waals surface area contributed by atoms with Crippen molar-refractivity contribution in [2.24, 2.45) is 5.73 Å². The lowest BCUT2D eigenvalue weighted by Gasteiger charge is -2.25. The van der Waals surface area contributed by atoms with E-state index in [4.69, 9.17) is 18.0 Å². The van der Waals surface area contributed by atoms with Gasteiger partial charge in [-0.3, -0.25) is 0 Å². The van der Waals surface area contributed by atoms with Crippen LogP contribution < -0.4 is 10.6 Å². The fraction of sp³-hybridized carbons (Fsp3) is 0.133. The number of thiocarbonyl (C=S) groups is 1. The SMILES string of the molecule is CCN(c1ccccc1)c1ccc(Br)cc1C(N)=S. The quantitative estimate of drug-likeness (QED) is 0.848. The molecule has 0 aliphatic rings. The van der Waals surface area contributed by atoms with Crippen LogP contribution in [-0.2, 0) is 0 Å². The van der Waals surface area contributed by atoms with E-state index in [1.54, 1.807) is 0 Å². The zero-order chi connectivity index (χ0) is 13.8. The smallest absolute Gasteiger partial charge is 0.106 e. The Kier molecular flexibility index (Phi) is 4.56. The molecule has 2 N–H and O–H groups in total. The van der Waals surface area contributed by atoms with Crippen LogP contribution in [0.1, 0.15) is 12.5 Å². The van der Waals surface area contributed by atoms with Gasteiger partial charge >= 0.3 is 0 Å². The molecule has 2 aromatic rings. The third-order valence-corrected chi connectivity index (χ3v) is 3.61. The van der Waals surface area contributed by atoms with Crippen LogP contribution in [-0.4, -0.2) is 11.5 Å². The van der Waals surface area contributed by atoms with Crippen molar-refractivity contribution in [1.29, 1.82) is 0 Å². The Labute approximate surface area is 127 Å². The van der Waals surface area contributed by atoms with Gasteiger partial charge in [0, 0.05) is 22.3 Å². The first-order valence-corrected chi connectivity index (χ1v) is 7.25. The molecule has 98 valence electrons. The normalized spacial score (nSPS) is 10.2. The summed E-state index contributed by atoms with van der Waals surface area (Å²) in [6.45, 7) is 2.96. The van der Waals surface area contributed by atoms with Crippen LogP contribution in [0.25, 0.3) is 0 Å². The molecule has 0 aliphatic heterocycles. The van der Waals surface area contributed by atoms with E-state index in [1.165, 1.54) is 0 Å². The molecule has 0 atom stereocenters. The molecule has 0 spiro atoms. The van der Waals surface area contributed by atoms with Crippen molar-refractivity contribution in [1.82, 2.24) is 0 Å². The summed E-state index contributed by atoms with van der Waals surface area (Å²) in [5, 5.41) is 0. The van der Waals surface area contributed by atoms with Crippen LogP contribution in [0.3, 0.4) is 0 Å². The van der Waals surface area contributed by atoms with E-state index in [0.717, 1.165) is 28.0 Å². The lowest BCUT2D eigenvalue weighted by atomic mass is 10.1. The lowest BCUT2D eigenvalue weighted by molar-refractivity contribution is 1.02. The summed E-state index contributed by atoms with van der Waals surface area (Å²) in [5.74, 6) is 0. The highest BCUT2D eigenvalue weighted by atomic mass is 79.9. The van der Waals surface area contributed by atoms with Crippen molar-refractivity contribution < 1.29 is 0 Å². The molecule has 2 rings (SSSR count). The fourth-order valence-corrected chi connectivity index (χ4v) is 2.57. The highest BCUT2D eigenvalue weighted by molar-refractivity contribution is 9.10. The Bertz CT molecular complexity index is 584. The molecule has 0 radical (unpaired) electrons. The largest absolute Gasteiger partial charge is 0.389 e. The van der Waals surface area contributed by atoms with Crippen molar-refractivity contribution in [2.45, 2.75) is 6.92 Å². The summed E-state index contributed by atoms with van der Waals surface area (Å²) >= 11 is 8.61. The van der Waals surface area contributed by atoms with Crippen LogP contribution in [0.4, 0.5) is 11.4 Å². The van der Waals surface area contributed by atoms with E-state index < -0.39 is 0 Å². The third kappa shape index (κ3) is 3.14. The summed E-state index contributed by atoms with van der Waals surface area (Å²) in [7, 11) is 0. The van der Waals surface area contributed by atoms with Crippen LogP contribution >= 0.6 is 28.1 Å². The topological polar surface area (TPSA) is 29.3 Å². The highest BCUT2D eigenvalue weighted by Crippen LogP contribution is 2.30. The molecular formula is C15H15BrN2S. The van der Waals surface area contributed by atoms with Gasteiger partial charge in [-0.05, 0) is 37.3 Å². The summed E-state index contributed by atoms with van der Waals surface area (Å²) < 4.78 is 0.975. The van der Waals surface area contributed by atoms with Crippen LogP contribution in [0.15, 0.2) is 53.0 Å². The van der Waals surface area contributed by atoms with Gasteiger partial charge in [-0.15, -0.1) is 0 Å². The maximum atomic E-state index is 5.84. The van der Waals surface area contributed by atoms with Gasteiger partial charge in [0.1, 0.15) is 4.99 Å². The first-order valence-electron chi connectivity index (χ1n) is 6.05. The minimum atomic E-state index is 0.408. The second-order valence-electron chi connectivity index (χ2n) is 4.11. The molecule has 0 aromatic heterocycles. The number of halogens is 1. The molecule has 2 nitrogen and oxygen atoms in total. The maximum absolute atomic E-state index is 5.84. The molecule has 4 heteroatoms. The third-order valence-electron chi connectivity index (χ3n) is 2.90. The molecule has 0 fully saturated rings. The Morgan fingerprint density at radius 2 is 1.89 bits per heavy atom. The van der Waals surface area contributed by atoms with Crippen molar-refractivity contribution >= 4 is 44.5 Å². The van der Waals surface area contributed by atoms with Crippen molar-refractivity contribution in [3.8, 4) is 0 Å². The molecule has 0 saturated heterocycles. The van der Waals surface area contributed by atoms with E-state index in [2.05, 4.69) is 39.9 Å². The summed E-state index contributed by atoms with van der Waals surface area (Å²) in [6, 6.07) is 16.2. The number of hydrogen-bond donors (Lipinski definition) is 1. The average Bonchev–Trinajstić information content (AvgIpc) is 2.42. The minimum absolute atomic E-state index is 0.408. The zero-order valence-corrected chi connectivity index (χ0v) is 13.0. The number of hydrogen-bond acceptors (Lipinski definition) is 2. The molecule has 0 unspecified atom stereocenters. The second-order valence-corrected chi connectivity index (χ2v) is 5.46. The number of nitrogens with two attached hydrogens (primary N) is 1. The standard InChI is InChI=1S/C15H15BrN2S/c1-2-18(12-6-4-3-5-7-12)14-9-8-11(16)10-13(14)15(17)19/h3-10H,2H2,1H3,(H2,17,19). The van der Waals surface area contributed by atoms with E-state index in [1.807, 2.05) is 36.4 Å². The van der Waals surface area contributed by atoms with Gasteiger partial charge in [0.2, 0.25) is 0 Å². The van der Waals surface area contributed by atoms with Gasteiger partial charge in [0.15, 0.2) is 0 Å². The van der Waals surface area contributed by atoms with Gasteiger partial charge in [-0.2, -0.15) is 0 Å². The second kappa shape index (κ2) is 6.17. The van der Waals surface area contributed by atoms with E-state index >= 15 is 0 Å². The number of anilines is 2. The summed E-state index contributed by atoms with van der Waals surface area (Å²) in [6.07, 6.45) is 0. The Balaban J connectivity index is 2.53. The van der Waals surface area contributed by atoms with Gasteiger partial charge in [0.05, 0.1) is 5.69 Å². The van der Waals surface area contributed by atoms with E-state index in [9.17, 15) is 0 Å². The van der Waals surface area contributed by atoms with E-state index in [-0.39, 0.29) is 0 Å². The molecule has 0 aliphatic carbocycles. The summed E-state index contributed by atoms with van der Waals surface area (Å²) in [4.78, 5) is 2.60. The first kappa shape index (κ1) is 14.0. The van der Waals surface area contributed by atoms with Gasteiger partial charge in [-0.25, -0.2) is 0 Å². The molecule has 0 amide bonds. The Hall–Kier alpha value is -1.39. The van der Waals surface area contributed by atoms with Crippen LogP contribution in [0.5, 0.6) is 0 Å². The molecule has 19 heavy (non-hydrogen) atoms. The van der Waals surface area contributed by atoms with E-state index in [0.29, 0.717) is 4.99 Å². The molecular weight excluding hydrogens is 320 g/mol. The van der Waals surface area contributed by atoms with Crippen LogP contribution in [0.2, 0.25) is 0 Å². The van der Waals surface area contributed by atoms with Gasteiger partial charge in [-0.1, -0.05) is 46.3 Å². The van der Waals surface area contributed by atoms with Gasteiger partial charge in [0.25, 0.3) is 0 Å². The van der Waals surface area contributed by atoms with Crippen molar-refractivity contribution in [3.63, 3.8) is 0 Å². The highest BCUT2D eigenvalue weighted by Gasteiger charge is 2.13. The average molecular weight is 335 g/mol. The molecule has 2 aromatic carbocycles. The predicted molar refractivity (Wildman–Crippen MR) is 89.2 cm³/mol. The minimum Gasteiger partial charge on any atom is -0.389 e. The Morgan fingerprint density at radius 3 is 2.47 bits per heavy atom. The fourth-order valence-electron chi connectivity index (χ4n) is 2.04. The predicted octanol–water partition coefficient (Wildman–Crippen LogP) is 4.24. The zero-order valence-electron chi connectivity index (χ0n) is 10.6. The first-order chi connectivity index (χ1) is 9.13. The molecule has 0 bridgehead atoms. The molecule has 0 heterocycles. The van der Waals surface area contributed by atoms with Crippen molar-refractivity contribution in [3.05, 3.63) is 58.6 Å². The number of rotatable bonds is 4. The number of benzene rings is 2. The molecule has 0 saturated carbocycles. The van der Waals surface area contributed by atoms with Crippen molar-refractivity contribution in [2.75, 3.05) is 11.4 Å². The monoisotopic (exact) mass is 334 g/mol. The number of nitrogens with zero attached hydrogens (tertiary/aromatic N) is 1. The summed E-state index contributed by atoms with van der Waals surface area (Å²) in [5.41, 5.74) is 8.88.